The molecule has 134 valence electrons. The maximum Gasteiger partial charge on any atom is 0.234 e. The normalized spacial score (nSPS) is 10.8. The van der Waals surface area contributed by atoms with Crippen molar-refractivity contribution >= 4 is 23.4 Å². The van der Waals surface area contributed by atoms with E-state index < -0.39 is 23.4 Å². The first-order valence-corrected chi connectivity index (χ1v) is 8.46. The summed E-state index contributed by atoms with van der Waals surface area (Å²) in [4.78, 5) is 12.0. The monoisotopic (exact) mass is 378 g/mol. The van der Waals surface area contributed by atoms with Crippen LogP contribution in [-0.4, -0.2) is 26.4 Å². The molecule has 1 aromatic heterocycles. The number of amides is 1. The van der Waals surface area contributed by atoms with Gasteiger partial charge in [-0.15, -0.1) is 10.2 Å². The average molecular weight is 378 g/mol. The van der Waals surface area contributed by atoms with E-state index in [0.29, 0.717) is 16.5 Å². The van der Waals surface area contributed by atoms with Crippen LogP contribution in [0, 0.1) is 17.5 Å². The third-order valence-corrected chi connectivity index (χ3v) is 4.51. The molecule has 1 amide bonds. The molecule has 0 aliphatic carbocycles. The number of halogens is 3. The minimum atomic E-state index is -1.04. The van der Waals surface area contributed by atoms with Crippen LogP contribution in [0.5, 0.6) is 0 Å². The fourth-order valence-corrected chi connectivity index (χ4v) is 2.93. The number of carbonyl (C=O) groups excluding carboxylic acids is 1. The minimum absolute atomic E-state index is 0.0256. The second-order valence-electron chi connectivity index (χ2n) is 5.31. The van der Waals surface area contributed by atoms with E-state index in [9.17, 15) is 18.0 Å². The summed E-state index contributed by atoms with van der Waals surface area (Å²) in [5.41, 5.74) is 0.458. The van der Waals surface area contributed by atoms with E-state index >= 15 is 0 Å². The minimum Gasteiger partial charge on any atom is -0.325 e. The van der Waals surface area contributed by atoms with E-state index in [1.54, 1.807) is 29.8 Å². The first kappa shape index (κ1) is 18.0. The summed E-state index contributed by atoms with van der Waals surface area (Å²) in [7, 11) is 1.66. The zero-order valence-electron chi connectivity index (χ0n) is 13.5. The number of nitrogens with zero attached hydrogens (tertiary/aromatic N) is 3. The Morgan fingerprint density at radius 3 is 2.58 bits per heavy atom. The molecule has 0 saturated heterocycles. The fraction of sp³-hybridized carbons (Fsp3) is 0.118. The number of aromatic nitrogens is 3. The summed E-state index contributed by atoms with van der Waals surface area (Å²) < 4.78 is 41.5. The number of rotatable bonds is 5. The number of benzene rings is 2. The lowest BCUT2D eigenvalue weighted by Crippen LogP contribution is -2.14. The van der Waals surface area contributed by atoms with Gasteiger partial charge in [0.2, 0.25) is 5.91 Å². The summed E-state index contributed by atoms with van der Waals surface area (Å²) in [6.45, 7) is 0. The molecule has 1 heterocycles. The number of hydrogen-bond acceptors (Lipinski definition) is 4. The maximum absolute atomic E-state index is 13.9. The molecule has 9 heteroatoms. The van der Waals surface area contributed by atoms with Crippen molar-refractivity contribution in [3.05, 3.63) is 59.9 Å². The van der Waals surface area contributed by atoms with Gasteiger partial charge in [0.1, 0.15) is 5.82 Å². The first-order chi connectivity index (χ1) is 12.5. The third-order valence-electron chi connectivity index (χ3n) is 3.49. The number of hydrogen-bond donors (Lipinski definition) is 1. The Labute approximate surface area is 151 Å². The van der Waals surface area contributed by atoms with Gasteiger partial charge in [0.05, 0.1) is 11.3 Å². The lowest BCUT2D eigenvalue weighted by molar-refractivity contribution is -0.113. The lowest BCUT2D eigenvalue weighted by Gasteiger charge is -2.06. The van der Waals surface area contributed by atoms with Gasteiger partial charge in [-0.3, -0.25) is 4.79 Å². The summed E-state index contributed by atoms with van der Waals surface area (Å²) in [6, 6.07) is 9.27. The summed E-state index contributed by atoms with van der Waals surface area (Å²) in [5.74, 6) is -2.56. The Morgan fingerprint density at radius 1 is 1.08 bits per heavy atom. The van der Waals surface area contributed by atoms with Crippen LogP contribution < -0.4 is 5.32 Å². The highest BCUT2D eigenvalue weighted by Crippen LogP contribution is 2.24. The summed E-state index contributed by atoms with van der Waals surface area (Å²) in [6.07, 6.45) is 0. The van der Waals surface area contributed by atoms with Gasteiger partial charge in [-0.05, 0) is 24.3 Å². The quantitative estimate of drug-likeness (QED) is 0.689. The Bertz CT molecular complexity index is 961. The summed E-state index contributed by atoms with van der Waals surface area (Å²) in [5, 5.41) is 10.8. The molecule has 3 rings (SSSR count). The molecule has 26 heavy (non-hydrogen) atoms. The fourth-order valence-electron chi connectivity index (χ4n) is 2.22. The molecule has 0 radical (unpaired) electrons. The number of carbonyl (C=O) groups is 1. The maximum atomic E-state index is 13.9. The molecule has 0 aliphatic heterocycles. The van der Waals surface area contributed by atoms with Crippen molar-refractivity contribution in [1.82, 2.24) is 14.8 Å². The number of nitrogens with one attached hydrogen (secondary N) is 1. The van der Waals surface area contributed by atoms with Crippen molar-refractivity contribution in [3.63, 3.8) is 0 Å². The molecule has 0 atom stereocenters. The van der Waals surface area contributed by atoms with Crippen LogP contribution in [-0.2, 0) is 11.8 Å². The van der Waals surface area contributed by atoms with Crippen LogP contribution >= 0.6 is 11.8 Å². The van der Waals surface area contributed by atoms with Crippen LogP contribution in [0.2, 0.25) is 0 Å². The van der Waals surface area contributed by atoms with Crippen molar-refractivity contribution in [2.75, 3.05) is 11.1 Å². The Hall–Kier alpha value is -2.81. The molecular weight excluding hydrogens is 365 g/mol. The highest BCUT2D eigenvalue weighted by molar-refractivity contribution is 7.99. The van der Waals surface area contributed by atoms with Gasteiger partial charge in [0.15, 0.2) is 22.6 Å². The van der Waals surface area contributed by atoms with Crippen molar-refractivity contribution in [3.8, 4) is 11.4 Å². The number of anilines is 1. The van der Waals surface area contributed by atoms with Crippen LogP contribution in [0.25, 0.3) is 11.4 Å². The average Bonchev–Trinajstić information content (AvgIpc) is 2.97. The topological polar surface area (TPSA) is 59.8 Å². The molecule has 0 fully saturated rings. The highest BCUT2D eigenvalue weighted by atomic mass is 32.2. The van der Waals surface area contributed by atoms with Crippen molar-refractivity contribution < 1.29 is 18.0 Å². The SMILES string of the molecule is Cn1c(SCC(=O)Nc2ccc(F)c(F)c2)nnc1-c1ccccc1F. The van der Waals surface area contributed by atoms with Gasteiger partial charge in [0.25, 0.3) is 0 Å². The molecule has 0 bridgehead atoms. The first-order valence-electron chi connectivity index (χ1n) is 7.47. The van der Waals surface area contributed by atoms with Gasteiger partial charge in [-0.1, -0.05) is 23.9 Å². The van der Waals surface area contributed by atoms with Gasteiger partial charge >= 0.3 is 0 Å². The molecule has 0 saturated carbocycles. The van der Waals surface area contributed by atoms with E-state index in [0.717, 1.165) is 23.9 Å². The van der Waals surface area contributed by atoms with Gasteiger partial charge in [-0.2, -0.15) is 0 Å². The van der Waals surface area contributed by atoms with Crippen LogP contribution in [0.15, 0.2) is 47.6 Å². The van der Waals surface area contributed by atoms with E-state index in [1.165, 1.54) is 12.1 Å². The highest BCUT2D eigenvalue weighted by Gasteiger charge is 2.15. The molecule has 0 spiro atoms. The van der Waals surface area contributed by atoms with Gasteiger partial charge in [0, 0.05) is 18.8 Å². The standard InChI is InChI=1S/C17H13F3N4OS/c1-24-16(11-4-2-3-5-12(11)18)22-23-17(24)26-9-15(25)21-10-6-7-13(19)14(20)8-10/h2-8H,9H2,1H3,(H,21,25). The molecule has 0 unspecified atom stereocenters. The molecule has 0 aliphatic rings. The zero-order valence-corrected chi connectivity index (χ0v) is 14.4. The second kappa shape index (κ2) is 7.61. The second-order valence-corrected chi connectivity index (χ2v) is 6.25. The largest absolute Gasteiger partial charge is 0.325 e. The lowest BCUT2D eigenvalue weighted by atomic mass is 10.2. The van der Waals surface area contributed by atoms with Crippen LogP contribution in [0.4, 0.5) is 18.9 Å². The van der Waals surface area contributed by atoms with Gasteiger partial charge < -0.3 is 9.88 Å². The molecule has 3 aromatic rings. The Balaban J connectivity index is 1.66. The van der Waals surface area contributed by atoms with Crippen molar-refractivity contribution in [1.29, 1.82) is 0 Å². The zero-order chi connectivity index (χ0) is 18.7. The van der Waals surface area contributed by atoms with Crippen LogP contribution in [0.1, 0.15) is 0 Å². The van der Waals surface area contributed by atoms with Crippen molar-refractivity contribution in [2.24, 2.45) is 7.05 Å². The predicted molar refractivity (Wildman–Crippen MR) is 92.1 cm³/mol. The molecule has 5 nitrogen and oxygen atoms in total. The number of thioether (sulfide) groups is 1. The smallest absolute Gasteiger partial charge is 0.234 e. The summed E-state index contributed by atoms with van der Waals surface area (Å²) >= 11 is 1.09. The van der Waals surface area contributed by atoms with E-state index in [1.807, 2.05) is 0 Å². The van der Waals surface area contributed by atoms with E-state index in [-0.39, 0.29) is 11.4 Å². The van der Waals surface area contributed by atoms with Crippen LogP contribution in [0.3, 0.4) is 0 Å². The Kier molecular flexibility index (Phi) is 5.27. The molecular formula is C17H13F3N4OS. The molecule has 2 aromatic carbocycles. The third kappa shape index (κ3) is 3.88. The Morgan fingerprint density at radius 2 is 1.85 bits per heavy atom. The molecule has 1 N–H and O–H groups in total. The van der Waals surface area contributed by atoms with Crippen molar-refractivity contribution in [2.45, 2.75) is 5.16 Å². The predicted octanol–water partition coefficient (Wildman–Crippen LogP) is 3.63. The van der Waals surface area contributed by atoms with Gasteiger partial charge in [-0.25, -0.2) is 13.2 Å². The van der Waals surface area contributed by atoms with E-state index in [2.05, 4.69) is 15.5 Å². The van der Waals surface area contributed by atoms with E-state index in [4.69, 9.17) is 0 Å².